The Morgan fingerprint density at radius 3 is 2.70 bits per heavy atom. The van der Waals surface area contributed by atoms with E-state index in [1.807, 2.05) is 6.07 Å². The molecule has 33 heavy (non-hydrogen) atoms. The van der Waals surface area contributed by atoms with Crippen LogP contribution in [-0.2, 0) is 20.4 Å². The second-order valence-electron chi connectivity index (χ2n) is 9.20. The Labute approximate surface area is 196 Å². The second kappa shape index (κ2) is 11.2. The van der Waals surface area contributed by atoms with Crippen LogP contribution in [0.5, 0.6) is 5.75 Å². The fourth-order valence-corrected chi connectivity index (χ4v) is 5.74. The zero-order chi connectivity index (χ0) is 24.0. The average molecular weight is 478 g/mol. The molecule has 0 spiro atoms. The maximum absolute atomic E-state index is 12.6. The normalized spacial score (nSPS) is 19.4. The van der Waals surface area contributed by atoms with Gasteiger partial charge in [0.25, 0.3) is 0 Å². The topological polar surface area (TPSA) is 102 Å². The number of hydrogen-bond donors (Lipinski definition) is 1. The summed E-state index contributed by atoms with van der Waals surface area (Å²) in [7, 11) is -2.11. The zero-order valence-electron chi connectivity index (χ0n) is 20.0. The predicted octanol–water partition coefficient (Wildman–Crippen LogP) is 3.06. The molecule has 3 rings (SSSR count). The minimum atomic E-state index is -3.68. The minimum Gasteiger partial charge on any atom is -0.497 e. The number of carbonyl (C=O) groups is 1. The molecule has 2 heterocycles. The number of ether oxygens (including phenoxy) is 1. The number of benzene rings is 1. The molecule has 1 fully saturated rings. The molecule has 0 aliphatic carbocycles. The standard InChI is InChI=1S/C24H35N3O5S/c1-17-11-18(2)14-27(13-17)10-6-9-25-23(28)16-33(29,30)15-22-19(3)32-24(26-22)20-7-5-8-21(12-20)31-4/h5,7-8,12,17-18H,6,9-11,13-16H2,1-4H3,(H,25,28)/t17-,18+. The zero-order valence-corrected chi connectivity index (χ0v) is 20.8. The first kappa shape index (κ1) is 25.2. The number of aromatic nitrogens is 1. The lowest BCUT2D eigenvalue weighted by molar-refractivity contribution is -0.118. The molecule has 0 radical (unpaired) electrons. The predicted molar refractivity (Wildman–Crippen MR) is 128 cm³/mol. The first-order valence-electron chi connectivity index (χ1n) is 11.5. The number of piperidine rings is 1. The third kappa shape index (κ3) is 7.57. The smallest absolute Gasteiger partial charge is 0.235 e. The van der Waals surface area contributed by atoms with E-state index in [1.54, 1.807) is 32.2 Å². The fourth-order valence-electron chi connectivity index (χ4n) is 4.46. The number of amides is 1. The summed E-state index contributed by atoms with van der Waals surface area (Å²) in [5.74, 6) is 1.39. The molecular weight excluding hydrogens is 442 g/mol. The van der Waals surface area contributed by atoms with Crippen molar-refractivity contribution in [2.45, 2.75) is 39.4 Å². The maximum atomic E-state index is 12.6. The van der Waals surface area contributed by atoms with Gasteiger partial charge < -0.3 is 19.4 Å². The van der Waals surface area contributed by atoms with Crippen molar-refractivity contribution in [1.82, 2.24) is 15.2 Å². The van der Waals surface area contributed by atoms with E-state index in [9.17, 15) is 13.2 Å². The van der Waals surface area contributed by atoms with Crippen LogP contribution in [0.3, 0.4) is 0 Å². The van der Waals surface area contributed by atoms with Crippen molar-refractivity contribution in [3.63, 3.8) is 0 Å². The summed E-state index contributed by atoms with van der Waals surface area (Å²) in [6.07, 6.45) is 2.06. The molecule has 8 nitrogen and oxygen atoms in total. The summed E-state index contributed by atoms with van der Waals surface area (Å²) in [5.41, 5.74) is 1.00. The Morgan fingerprint density at radius 2 is 2.00 bits per heavy atom. The van der Waals surface area contributed by atoms with Crippen LogP contribution in [0.1, 0.15) is 38.1 Å². The number of rotatable bonds is 10. The molecule has 1 aliphatic rings. The van der Waals surface area contributed by atoms with E-state index in [0.29, 0.717) is 47.0 Å². The van der Waals surface area contributed by atoms with Crippen molar-refractivity contribution in [3.05, 3.63) is 35.7 Å². The number of nitrogens with one attached hydrogen (secondary N) is 1. The van der Waals surface area contributed by atoms with Crippen LogP contribution in [0.4, 0.5) is 0 Å². The molecule has 1 amide bonds. The molecule has 0 unspecified atom stereocenters. The van der Waals surface area contributed by atoms with Crippen LogP contribution in [0.25, 0.3) is 11.5 Å². The van der Waals surface area contributed by atoms with E-state index in [2.05, 4.69) is 29.0 Å². The molecule has 1 aliphatic heterocycles. The van der Waals surface area contributed by atoms with Gasteiger partial charge in [0.1, 0.15) is 17.3 Å². The van der Waals surface area contributed by atoms with Gasteiger partial charge in [-0.05, 0) is 56.3 Å². The van der Waals surface area contributed by atoms with Crippen LogP contribution < -0.4 is 10.1 Å². The van der Waals surface area contributed by atoms with Gasteiger partial charge in [0, 0.05) is 25.2 Å². The maximum Gasteiger partial charge on any atom is 0.235 e. The monoisotopic (exact) mass is 477 g/mol. The number of methoxy groups -OCH3 is 1. The first-order valence-corrected chi connectivity index (χ1v) is 13.3. The molecule has 2 atom stereocenters. The molecular formula is C24H35N3O5S. The van der Waals surface area contributed by atoms with Crippen LogP contribution in [-0.4, -0.2) is 63.3 Å². The van der Waals surface area contributed by atoms with Crippen LogP contribution in [0, 0.1) is 18.8 Å². The summed E-state index contributed by atoms with van der Waals surface area (Å²) in [6, 6.07) is 7.19. The van der Waals surface area contributed by atoms with Crippen LogP contribution >= 0.6 is 0 Å². The molecule has 1 saturated heterocycles. The van der Waals surface area contributed by atoms with Crippen molar-refractivity contribution >= 4 is 15.7 Å². The van der Waals surface area contributed by atoms with Gasteiger partial charge >= 0.3 is 0 Å². The molecule has 1 aromatic carbocycles. The van der Waals surface area contributed by atoms with E-state index in [-0.39, 0.29) is 5.75 Å². The number of aryl methyl sites for hydroxylation is 1. The highest BCUT2D eigenvalue weighted by Gasteiger charge is 2.23. The van der Waals surface area contributed by atoms with Gasteiger partial charge in [-0.2, -0.15) is 0 Å². The Bertz CT molecular complexity index is 1040. The van der Waals surface area contributed by atoms with Gasteiger partial charge in [0.15, 0.2) is 9.84 Å². The molecule has 1 N–H and O–H groups in total. The highest BCUT2D eigenvalue weighted by molar-refractivity contribution is 7.91. The van der Waals surface area contributed by atoms with Gasteiger partial charge in [-0.3, -0.25) is 4.79 Å². The lowest BCUT2D eigenvalue weighted by Gasteiger charge is -2.34. The quantitative estimate of drug-likeness (QED) is 0.525. The van der Waals surface area contributed by atoms with Crippen molar-refractivity contribution < 1.29 is 22.4 Å². The Morgan fingerprint density at radius 1 is 1.27 bits per heavy atom. The van der Waals surface area contributed by atoms with E-state index in [4.69, 9.17) is 9.15 Å². The van der Waals surface area contributed by atoms with Crippen molar-refractivity contribution in [2.24, 2.45) is 11.8 Å². The summed E-state index contributed by atoms with van der Waals surface area (Å²) >= 11 is 0. The second-order valence-corrected chi connectivity index (χ2v) is 11.3. The summed E-state index contributed by atoms with van der Waals surface area (Å²) in [5, 5.41) is 2.74. The van der Waals surface area contributed by atoms with Crippen molar-refractivity contribution in [2.75, 3.05) is 39.0 Å². The van der Waals surface area contributed by atoms with Crippen LogP contribution in [0.2, 0.25) is 0 Å². The van der Waals surface area contributed by atoms with E-state index >= 15 is 0 Å². The Kier molecular flexibility index (Phi) is 8.53. The van der Waals surface area contributed by atoms with Gasteiger partial charge in [0.05, 0.1) is 18.6 Å². The summed E-state index contributed by atoms with van der Waals surface area (Å²) in [4.78, 5) is 19.0. The molecule has 0 bridgehead atoms. The SMILES string of the molecule is COc1cccc(-c2nc(CS(=O)(=O)CC(=O)NCCCN3C[C@H](C)C[C@H](C)C3)c(C)o2)c1. The van der Waals surface area contributed by atoms with E-state index in [1.165, 1.54) is 6.42 Å². The highest BCUT2D eigenvalue weighted by Crippen LogP contribution is 2.26. The Hall–Kier alpha value is -2.39. The van der Waals surface area contributed by atoms with Crippen molar-refractivity contribution in [1.29, 1.82) is 0 Å². The van der Waals surface area contributed by atoms with Crippen molar-refractivity contribution in [3.8, 4) is 17.2 Å². The third-order valence-electron chi connectivity index (χ3n) is 5.83. The number of oxazole rings is 1. The first-order chi connectivity index (χ1) is 15.6. The van der Waals surface area contributed by atoms with Gasteiger partial charge in [-0.25, -0.2) is 13.4 Å². The largest absolute Gasteiger partial charge is 0.497 e. The molecule has 1 aromatic heterocycles. The number of nitrogens with zero attached hydrogens (tertiary/aromatic N) is 2. The lowest BCUT2D eigenvalue weighted by Crippen LogP contribution is -2.40. The fraction of sp³-hybridized carbons (Fsp3) is 0.583. The van der Waals surface area contributed by atoms with Crippen LogP contribution in [0.15, 0.2) is 28.7 Å². The number of carbonyl (C=O) groups excluding carboxylic acids is 1. The molecule has 2 aromatic rings. The number of hydrogen-bond acceptors (Lipinski definition) is 7. The third-order valence-corrected chi connectivity index (χ3v) is 7.25. The molecule has 0 saturated carbocycles. The van der Waals surface area contributed by atoms with Gasteiger partial charge in [0.2, 0.25) is 11.8 Å². The van der Waals surface area contributed by atoms with E-state index < -0.39 is 21.5 Å². The Balaban J connectivity index is 1.48. The molecule has 9 heteroatoms. The minimum absolute atomic E-state index is 0.314. The number of likely N-dealkylation sites (tertiary alicyclic amines) is 1. The van der Waals surface area contributed by atoms with E-state index in [0.717, 1.165) is 26.1 Å². The average Bonchev–Trinajstić information content (AvgIpc) is 3.10. The van der Waals surface area contributed by atoms with Gasteiger partial charge in [-0.15, -0.1) is 0 Å². The molecule has 182 valence electrons. The number of sulfone groups is 1. The van der Waals surface area contributed by atoms with Gasteiger partial charge in [-0.1, -0.05) is 19.9 Å². The summed E-state index contributed by atoms with van der Waals surface area (Å²) in [6.45, 7) is 9.76. The summed E-state index contributed by atoms with van der Waals surface area (Å²) < 4.78 is 36.1. The lowest BCUT2D eigenvalue weighted by atomic mass is 9.92. The highest BCUT2D eigenvalue weighted by atomic mass is 32.2.